The number of unbranched alkanes of at least 4 members (excludes halogenated alkanes) is 28. The van der Waals surface area contributed by atoms with Crippen LogP contribution < -0.4 is 5.32 Å². The van der Waals surface area contributed by atoms with Crippen LogP contribution in [-0.2, 0) is 23.7 Å². The quantitative estimate of drug-likeness (QED) is 0.0204. The largest absolute Gasteiger partial charge is 0.394 e. The van der Waals surface area contributed by atoms with Crippen molar-refractivity contribution < 1.29 is 64.6 Å². The summed E-state index contributed by atoms with van der Waals surface area (Å²) in [6.07, 6.45) is 56.5. The van der Waals surface area contributed by atoms with E-state index in [4.69, 9.17) is 18.9 Å². The summed E-state index contributed by atoms with van der Waals surface area (Å²) in [5.74, 6) is -0.240. The lowest BCUT2D eigenvalue weighted by molar-refractivity contribution is -0.359. The second-order valence-corrected chi connectivity index (χ2v) is 23.2. The van der Waals surface area contributed by atoms with E-state index < -0.39 is 86.8 Å². The Kier molecular flexibility index (Phi) is 49.1. The van der Waals surface area contributed by atoms with Crippen LogP contribution in [0.1, 0.15) is 251 Å². The van der Waals surface area contributed by atoms with Crippen LogP contribution in [0.3, 0.4) is 0 Å². The van der Waals surface area contributed by atoms with Crippen molar-refractivity contribution in [2.24, 2.45) is 0 Å². The van der Waals surface area contributed by atoms with Gasteiger partial charge in [0.2, 0.25) is 5.91 Å². The molecule has 12 unspecified atom stereocenters. The third-order valence-corrected chi connectivity index (χ3v) is 15.8. The number of amides is 1. The topological polar surface area (TPSA) is 228 Å². The maximum Gasteiger partial charge on any atom is 0.220 e. The van der Waals surface area contributed by atoms with Gasteiger partial charge in [0.05, 0.1) is 32.0 Å². The van der Waals surface area contributed by atoms with E-state index in [1.807, 2.05) is 6.08 Å². The molecule has 0 radical (unpaired) electrons. The fourth-order valence-electron chi connectivity index (χ4n) is 10.5. The summed E-state index contributed by atoms with van der Waals surface area (Å²) in [4.78, 5) is 13.3. The molecule has 0 bridgehead atoms. The summed E-state index contributed by atoms with van der Waals surface area (Å²) in [6.45, 7) is 2.67. The standard InChI is InChI=1S/C69H121NO13/c1-3-5-7-9-11-13-15-17-18-19-20-21-22-23-24-25-26-27-28-29-30-31-32-33-34-35-36-37-38-39-40-41-43-45-47-49-51-53-61(74)70-57(58(73)52-50-48-46-44-42-16-14-12-10-8-6-4-2)56-80-68-66(79)64(77)67(60(55-72)82-68)83-69-65(78)63(76)62(75)59(54-71)81-69/h5,7,11,13,17-18,20-21,23-24,26-27,50,52,57-60,62-69,71-73,75-79H,3-4,6,8-10,12,14-16,19,22,25,28-49,51,53-56H2,1-2H3,(H,70,74)/b7-5-,13-11-,18-17-,21-20-,24-23-,27-26-,52-50+. The minimum atomic E-state index is -1.79. The van der Waals surface area contributed by atoms with Crippen molar-refractivity contribution in [1.29, 1.82) is 0 Å². The van der Waals surface area contributed by atoms with Gasteiger partial charge in [0.1, 0.15) is 48.8 Å². The highest BCUT2D eigenvalue weighted by molar-refractivity contribution is 5.76. The Balaban J connectivity index is 1.59. The van der Waals surface area contributed by atoms with E-state index in [0.29, 0.717) is 6.42 Å². The molecule has 14 heteroatoms. The molecule has 0 saturated carbocycles. The molecule has 2 aliphatic rings. The molecule has 0 aromatic rings. The van der Waals surface area contributed by atoms with Crippen LogP contribution in [0.5, 0.6) is 0 Å². The molecule has 0 spiro atoms. The summed E-state index contributed by atoms with van der Waals surface area (Å²) in [5, 5.41) is 87.1. The number of nitrogens with one attached hydrogen (secondary N) is 1. The maximum atomic E-state index is 13.3. The second kappa shape index (κ2) is 53.4. The first-order chi connectivity index (χ1) is 40.6. The predicted molar refractivity (Wildman–Crippen MR) is 336 cm³/mol. The average Bonchev–Trinajstić information content (AvgIpc) is 3.58. The smallest absolute Gasteiger partial charge is 0.220 e. The molecule has 1 amide bonds. The number of aliphatic hydroxyl groups excluding tert-OH is 8. The molecular formula is C69H121NO13. The van der Waals surface area contributed by atoms with Gasteiger partial charge in [0.25, 0.3) is 0 Å². The van der Waals surface area contributed by atoms with E-state index in [9.17, 15) is 45.6 Å². The Hall–Kier alpha value is -2.83. The SMILES string of the molecule is CC/C=C\C/C=C\C/C=C\C/C=C\C/C=C\C/C=C\CCCCCCCCCCCCCCCCCCCCC(=O)NC(COC1OC(CO)C(OC2OC(CO)C(O)C(O)C2O)C(O)C1O)C(O)/C=C/CCCCCCCCCCCC. The van der Waals surface area contributed by atoms with Gasteiger partial charge in [-0.2, -0.15) is 0 Å². The van der Waals surface area contributed by atoms with E-state index in [1.54, 1.807) is 6.08 Å². The lowest BCUT2D eigenvalue weighted by Crippen LogP contribution is -2.65. The molecule has 0 aromatic heterocycles. The van der Waals surface area contributed by atoms with Crippen LogP contribution in [-0.4, -0.2) is 140 Å². The zero-order valence-corrected chi connectivity index (χ0v) is 51.9. The Labute approximate surface area is 503 Å². The fraction of sp³-hybridized carbons (Fsp3) is 0.783. The molecule has 2 saturated heterocycles. The van der Waals surface area contributed by atoms with Crippen molar-refractivity contribution in [2.75, 3.05) is 19.8 Å². The average molecular weight is 1170 g/mol. The lowest BCUT2D eigenvalue weighted by atomic mass is 9.97. The molecule has 2 fully saturated rings. The number of carbonyl (C=O) groups excluding carboxylic acids is 1. The molecule has 0 aliphatic carbocycles. The number of rotatable bonds is 53. The van der Waals surface area contributed by atoms with E-state index in [1.165, 1.54) is 148 Å². The third-order valence-electron chi connectivity index (χ3n) is 15.8. The van der Waals surface area contributed by atoms with Crippen molar-refractivity contribution >= 4 is 5.91 Å². The van der Waals surface area contributed by atoms with Gasteiger partial charge >= 0.3 is 0 Å². The van der Waals surface area contributed by atoms with Gasteiger partial charge in [-0.15, -0.1) is 0 Å². The van der Waals surface area contributed by atoms with Crippen molar-refractivity contribution in [3.63, 3.8) is 0 Å². The number of allylic oxidation sites excluding steroid dienone is 13. The zero-order chi connectivity index (χ0) is 60.2. The molecule has 14 nitrogen and oxygen atoms in total. The van der Waals surface area contributed by atoms with Gasteiger partial charge in [0.15, 0.2) is 12.6 Å². The Bertz CT molecular complexity index is 1710. The van der Waals surface area contributed by atoms with Crippen LogP contribution in [0.15, 0.2) is 85.1 Å². The predicted octanol–water partition coefficient (Wildman–Crippen LogP) is 12.8. The van der Waals surface area contributed by atoms with E-state index in [2.05, 4.69) is 92.1 Å². The van der Waals surface area contributed by atoms with Crippen LogP contribution in [0, 0.1) is 0 Å². The summed E-state index contributed by atoms with van der Waals surface area (Å²) in [7, 11) is 0. The third kappa shape index (κ3) is 38.1. The van der Waals surface area contributed by atoms with Crippen LogP contribution in [0.2, 0.25) is 0 Å². The highest BCUT2D eigenvalue weighted by Crippen LogP contribution is 2.30. The first-order valence-electron chi connectivity index (χ1n) is 33.3. The Morgan fingerprint density at radius 3 is 1.28 bits per heavy atom. The summed E-state index contributed by atoms with van der Waals surface area (Å²) >= 11 is 0. The molecule has 480 valence electrons. The van der Waals surface area contributed by atoms with Gasteiger partial charge in [-0.3, -0.25) is 4.79 Å². The molecule has 83 heavy (non-hydrogen) atoms. The normalized spacial score (nSPS) is 24.4. The Morgan fingerprint density at radius 1 is 0.446 bits per heavy atom. The van der Waals surface area contributed by atoms with Crippen LogP contribution in [0.4, 0.5) is 0 Å². The van der Waals surface area contributed by atoms with Gasteiger partial charge in [-0.05, 0) is 70.6 Å². The molecule has 2 heterocycles. The number of hydrogen-bond acceptors (Lipinski definition) is 13. The van der Waals surface area contributed by atoms with Crippen LogP contribution >= 0.6 is 0 Å². The molecule has 0 aromatic carbocycles. The molecular weight excluding hydrogens is 1050 g/mol. The van der Waals surface area contributed by atoms with E-state index in [-0.39, 0.29) is 18.9 Å². The lowest BCUT2D eigenvalue weighted by Gasteiger charge is -2.46. The monoisotopic (exact) mass is 1170 g/mol. The van der Waals surface area contributed by atoms with Gasteiger partial charge in [0, 0.05) is 6.42 Å². The number of aliphatic hydroxyl groups is 8. The maximum absolute atomic E-state index is 13.3. The Morgan fingerprint density at radius 2 is 0.831 bits per heavy atom. The highest BCUT2D eigenvalue weighted by Gasteiger charge is 2.51. The van der Waals surface area contributed by atoms with Crippen molar-refractivity contribution in [3.8, 4) is 0 Å². The first-order valence-corrected chi connectivity index (χ1v) is 33.3. The molecule has 2 rings (SSSR count). The molecule has 9 N–H and O–H groups in total. The summed E-state index contributed by atoms with van der Waals surface area (Å²) in [5.41, 5.74) is 0. The number of carbonyl (C=O) groups is 1. The highest BCUT2D eigenvalue weighted by atomic mass is 16.7. The minimum Gasteiger partial charge on any atom is -0.394 e. The van der Waals surface area contributed by atoms with E-state index in [0.717, 1.165) is 77.0 Å². The van der Waals surface area contributed by atoms with Crippen molar-refractivity contribution in [3.05, 3.63) is 85.1 Å². The van der Waals surface area contributed by atoms with Gasteiger partial charge in [-0.25, -0.2) is 0 Å². The second-order valence-electron chi connectivity index (χ2n) is 23.2. The number of hydrogen-bond donors (Lipinski definition) is 9. The zero-order valence-electron chi connectivity index (χ0n) is 51.9. The summed E-state index contributed by atoms with van der Waals surface area (Å²) in [6, 6.07) is -0.916. The van der Waals surface area contributed by atoms with Gasteiger partial charge < -0.3 is 65.1 Å². The molecule has 12 atom stereocenters. The molecule has 2 aliphatic heterocycles. The first kappa shape index (κ1) is 76.3. The summed E-state index contributed by atoms with van der Waals surface area (Å²) < 4.78 is 22.8. The van der Waals surface area contributed by atoms with Crippen LogP contribution in [0.25, 0.3) is 0 Å². The van der Waals surface area contributed by atoms with Crippen molar-refractivity contribution in [2.45, 2.75) is 325 Å². The van der Waals surface area contributed by atoms with Gasteiger partial charge in [-0.1, -0.05) is 259 Å². The van der Waals surface area contributed by atoms with Crippen molar-refractivity contribution in [1.82, 2.24) is 5.32 Å². The van der Waals surface area contributed by atoms with E-state index >= 15 is 0 Å². The number of ether oxygens (including phenoxy) is 4. The minimum absolute atomic E-state index is 0.240. The fourth-order valence-corrected chi connectivity index (χ4v) is 10.5.